The van der Waals surface area contributed by atoms with Crippen molar-refractivity contribution in [2.75, 3.05) is 13.2 Å². The zero-order chi connectivity index (χ0) is 13.5. The van der Waals surface area contributed by atoms with Gasteiger partial charge in [0.05, 0.1) is 6.54 Å². The Labute approximate surface area is 125 Å². The lowest BCUT2D eigenvalue weighted by molar-refractivity contribution is 0.286. The van der Waals surface area contributed by atoms with E-state index in [-0.39, 0.29) is 19.0 Å². The van der Waals surface area contributed by atoms with Crippen molar-refractivity contribution in [1.29, 1.82) is 0 Å². The van der Waals surface area contributed by atoms with Gasteiger partial charge in [-0.2, -0.15) is 15.0 Å². The Bertz CT molecular complexity index is 501. The lowest BCUT2D eigenvalue weighted by Crippen LogP contribution is -2.16. The molecule has 0 bridgehead atoms. The maximum atomic E-state index is 8.77. The molecule has 2 rings (SSSR count). The molecule has 0 fully saturated rings. The van der Waals surface area contributed by atoms with Crippen molar-refractivity contribution in [2.24, 2.45) is 0 Å². The van der Waals surface area contributed by atoms with Crippen molar-refractivity contribution in [3.63, 3.8) is 0 Å². The minimum absolute atomic E-state index is 0. The topological polar surface area (TPSA) is 63.0 Å². The number of aromatic nitrogens is 3. The van der Waals surface area contributed by atoms with Crippen LogP contribution in [0.2, 0.25) is 0 Å². The molecule has 6 heteroatoms. The fraction of sp³-hybridized carbons (Fsp3) is 0.429. The summed E-state index contributed by atoms with van der Waals surface area (Å²) in [6, 6.07) is 10.1. The van der Waals surface area contributed by atoms with E-state index in [1.165, 1.54) is 0 Å². The van der Waals surface area contributed by atoms with E-state index >= 15 is 0 Å². The zero-order valence-electron chi connectivity index (χ0n) is 11.6. The average molecular weight is 297 g/mol. The molecule has 0 aliphatic rings. The van der Waals surface area contributed by atoms with Gasteiger partial charge in [-0.3, -0.25) is 0 Å². The van der Waals surface area contributed by atoms with E-state index in [2.05, 4.69) is 15.5 Å². The van der Waals surface area contributed by atoms with Gasteiger partial charge in [0, 0.05) is 18.7 Å². The monoisotopic (exact) mass is 296 g/mol. The second-order valence-corrected chi connectivity index (χ2v) is 4.30. The van der Waals surface area contributed by atoms with E-state index in [4.69, 9.17) is 5.11 Å². The second-order valence-electron chi connectivity index (χ2n) is 4.30. The van der Waals surface area contributed by atoms with Gasteiger partial charge >= 0.3 is 0 Å². The average Bonchev–Trinajstić information content (AvgIpc) is 2.88. The molecule has 0 spiro atoms. The third-order valence-electron chi connectivity index (χ3n) is 2.86. The van der Waals surface area contributed by atoms with Gasteiger partial charge in [-0.15, -0.1) is 12.4 Å². The lowest BCUT2D eigenvalue weighted by Gasteiger charge is -2.02. The molecule has 0 radical (unpaired) electrons. The summed E-state index contributed by atoms with van der Waals surface area (Å²) in [5.41, 5.74) is 2.96. The molecule has 0 aliphatic carbocycles. The molecule has 1 heterocycles. The molecular weight excluding hydrogens is 276 g/mol. The number of rotatable bonds is 7. The van der Waals surface area contributed by atoms with E-state index < -0.39 is 0 Å². The van der Waals surface area contributed by atoms with Crippen LogP contribution >= 0.6 is 12.4 Å². The van der Waals surface area contributed by atoms with Gasteiger partial charge in [-0.1, -0.05) is 30.3 Å². The summed E-state index contributed by atoms with van der Waals surface area (Å²) in [5, 5.41) is 21.0. The molecule has 0 saturated heterocycles. The highest BCUT2D eigenvalue weighted by atomic mass is 35.5. The number of halogens is 1. The summed E-state index contributed by atoms with van der Waals surface area (Å²) < 4.78 is 0. The Hall–Kier alpha value is -1.43. The van der Waals surface area contributed by atoms with Crippen LogP contribution in [-0.2, 0) is 13.1 Å². The molecule has 5 nitrogen and oxygen atoms in total. The van der Waals surface area contributed by atoms with Crippen LogP contribution in [-0.4, -0.2) is 33.3 Å². The fourth-order valence-electron chi connectivity index (χ4n) is 1.87. The van der Waals surface area contributed by atoms with E-state index in [0.29, 0.717) is 6.54 Å². The van der Waals surface area contributed by atoms with Crippen molar-refractivity contribution < 1.29 is 5.11 Å². The molecule has 0 saturated carbocycles. The van der Waals surface area contributed by atoms with E-state index in [9.17, 15) is 0 Å². The molecule has 110 valence electrons. The first-order valence-electron chi connectivity index (χ1n) is 6.66. The highest BCUT2D eigenvalue weighted by Crippen LogP contribution is 2.19. The SMILES string of the molecule is CCn1nc(CNCCCO)c(-c2ccccc2)n1.Cl. The van der Waals surface area contributed by atoms with Crippen molar-refractivity contribution >= 4 is 12.4 Å². The molecule has 2 N–H and O–H groups in total. The molecule has 1 aromatic carbocycles. The Morgan fingerprint density at radius 3 is 2.60 bits per heavy atom. The molecular formula is C14H21ClN4O. The third-order valence-corrected chi connectivity index (χ3v) is 2.86. The Balaban J connectivity index is 0.00000200. The quantitative estimate of drug-likeness (QED) is 0.766. The maximum Gasteiger partial charge on any atom is 0.117 e. The van der Waals surface area contributed by atoms with Crippen LogP contribution in [0, 0.1) is 0 Å². The summed E-state index contributed by atoms with van der Waals surface area (Å²) in [6.45, 7) is 4.45. The van der Waals surface area contributed by atoms with Crippen molar-refractivity contribution in [2.45, 2.75) is 26.4 Å². The van der Waals surface area contributed by atoms with Crippen LogP contribution in [0.1, 0.15) is 19.0 Å². The Kier molecular flexibility index (Phi) is 7.22. The smallest absolute Gasteiger partial charge is 0.117 e. The highest BCUT2D eigenvalue weighted by molar-refractivity contribution is 5.85. The second kappa shape index (κ2) is 8.68. The number of aliphatic hydroxyl groups is 1. The number of hydrogen-bond donors (Lipinski definition) is 2. The van der Waals surface area contributed by atoms with Gasteiger partial charge in [-0.25, -0.2) is 0 Å². The van der Waals surface area contributed by atoms with Crippen LogP contribution < -0.4 is 5.32 Å². The minimum atomic E-state index is 0. The summed E-state index contributed by atoms with van der Waals surface area (Å²) in [4.78, 5) is 1.71. The molecule has 0 unspecified atom stereocenters. The molecule has 0 atom stereocenters. The standard InChI is InChI=1S/C14H20N4O.ClH/c1-2-18-16-13(11-15-9-6-10-19)14(17-18)12-7-4-3-5-8-12;/h3-5,7-8,15,19H,2,6,9-11H2,1H3;1H. The van der Waals surface area contributed by atoms with Gasteiger partial charge in [0.25, 0.3) is 0 Å². The Morgan fingerprint density at radius 1 is 1.20 bits per heavy atom. The van der Waals surface area contributed by atoms with Crippen molar-refractivity contribution in [3.05, 3.63) is 36.0 Å². The number of nitrogens with one attached hydrogen (secondary N) is 1. The number of aryl methyl sites for hydroxylation is 1. The molecule has 1 aromatic heterocycles. The summed E-state index contributed by atoms with van der Waals surface area (Å²) in [5.74, 6) is 0. The van der Waals surface area contributed by atoms with E-state index in [0.717, 1.165) is 36.5 Å². The number of aliphatic hydroxyl groups excluding tert-OH is 1. The number of hydrogen-bond acceptors (Lipinski definition) is 4. The maximum absolute atomic E-state index is 8.77. The first kappa shape index (κ1) is 16.6. The van der Waals surface area contributed by atoms with Crippen LogP contribution in [0.3, 0.4) is 0 Å². The highest BCUT2D eigenvalue weighted by Gasteiger charge is 2.11. The van der Waals surface area contributed by atoms with Gasteiger partial charge in [0.1, 0.15) is 11.4 Å². The first-order chi connectivity index (χ1) is 9.35. The normalized spacial score (nSPS) is 10.3. The molecule has 0 amide bonds. The van der Waals surface area contributed by atoms with Crippen molar-refractivity contribution in [3.8, 4) is 11.3 Å². The Morgan fingerprint density at radius 2 is 1.95 bits per heavy atom. The summed E-state index contributed by atoms with van der Waals surface area (Å²) in [7, 11) is 0. The van der Waals surface area contributed by atoms with Crippen LogP contribution in [0.5, 0.6) is 0 Å². The van der Waals surface area contributed by atoms with Gasteiger partial charge in [0.15, 0.2) is 0 Å². The van der Waals surface area contributed by atoms with Crippen molar-refractivity contribution in [1.82, 2.24) is 20.3 Å². The minimum Gasteiger partial charge on any atom is -0.396 e. The summed E-state index contributed by atoms with van der Waals surface area (Å²) in [6.07, 6.45) is 0.753. The first-order valence-corrected chi connectivity index (χ1v) is 6.66. The van der Waals surface area contributed by atoms with Crippen LogP contribution in [0.25, 0.3) is 11.3 Å². The molecule has 2 aromatic rings. The third kappa shape index (κ3) is 4.30. The van der Waals surface area contributed by atoms with E-state index in [1.807, 2.05) is 37.3 Å². The molecule has 20 heavy (non-hydrogen) atoms. The van der Waals surface area contributed by atoms with E-state index in [1.54, 1.807) is 4.80 Å². The lowest BCUT2D eigenvalue weighted by atomic mass is 10.1. The zero-order valence-corrected chi connectivity index (χ0v) is 12.4. The van der Waals surface area contributed by atoms with Crippen LogP contribution in [0.15, 0.2) is 30.3 Å². The number of nitrogens with zero attached hydrogens (tertiary/aromatic N) is 3. The predicted octanol–water partition coefficient (Wildman–Crippen LogP) is 1.86. The summed E-state index contributed by atoms with van der Waals surface area (Å²) >= 11 is 0. The van der Waals surface area contributed by atoms with Gasteiger partial charge in [-0.05, 0) is 19.9 Å². The van der Waals surface area contributed by atoms with Gasteiger partial charge < -0.3 is 10.4 Å². The van der Waals surface area contributed by atoms with Crippen LogP contribution in [0.4, 0.5) is 0 Å². The molecule has 0 aliphatic heterocycles. The van der Waals surface area contributed by atoms with Gasteiger partial charge in [0.2, 0.25) is 0 Å². The largest absolute Gasteiger partial charge is 0.396 e. The number of benzene rings is 1. The fourth-order valence-corrected chi connectivity index (χ4v) is 1.87. The predicted molar refractivity (Wildman–Crippen MR) is 81.8 cm³/mol.